The van der Waals surface area contributed by atoms with E-state index in [4.69, 9.17) is 5.73 Å². The highest BCUT2D eigenvalue weighted by Gasteiger charge is 2.04. The van der Waals surface area contributed by atoms with Gasteiger partial charge < -0.3 is 11.1 Å². The van der Waals surface area contributed by atoms with Crippen molar-refractivity contribution in [2.24, 2.45) is 0 Å². The van der Waals surface area contributed by atoms with Gasteiger partial charge in [0.05, 0.1) is 0 Å². The van der Waals surface area contributed by atoms with Crippen molar-refractivity contribution in [3.63, 3.8) is 0 Å². The van der Waals surface area contributed by atoms with Gasteiger partial charge in [-0.05, 0) is 25.1 Å². The molecule has 4 heteroatoms. The van der Waals surface area contributed by atoms with Gasteiger partial charge in [-0.3, -0.25) is 4.79 Å². The standard InChI is InChI=1S/C11H13BrN2O/c1-7(12)6-14-9-3-4-10(8(2)15)11(13)5-9/h3-5,14H,1,6,13H2,2H3. The van der Waals surface area contributed by atoms with E-state index in [1.807, 2.05) is 6.07 Å². The maximum atomic E-state index is 11.1. The van der Waals surface area contributed by atoms with Crippen LogP contribution in [0, 0.1) is 0 Å². The molecule has 0 saturated carbocycles. The topological polar surface area (TPSA) is 55.1 Å². The van der Waals surface area contributed by atoms with Crippen LogP contribution in [0.15, 0.2) is 29.3 Å². The van der Waals surface area contributed by atoms with E-state index in [9.17, 15) is 4.79 Å². The Balaban J connectivity index is 2.82. The number of ketones is 1. The molecule has 0 amide bonds. The van der Waals surface area contributed by atoms with E-state index < -0.39 is 0 Å². The Kier molecular flexibility index (Phi) is 3.91. The highest BCUT2D eigenvalue weighted by atomic mass is 79.9. The molecule has 0 atom stereocenters. The molecular formula is C11H13BrN2O. The van der Waals surface area contributed by atoms with Crippen LogP contribution < -0.4 is 11.1 Å². The molecule has 0 heterocycles. The minimum absolute atomic E-state index is 0.0241. The second-order valence-electron chi connectivity index (χ2n) is 3.23. The van der Waals surface area contributed by atoms with Crippen molar-refractivity contribution < 1.29 is 4.79 Å². The monoisotopic (exact) mass is 268 g/mol. The van der Waals surface area contributed by atoms with Crippen LogP contribution in [0.2, 0.25) is 0 Å². The zero-order valence-corrected chi connectivity index (χ0v) is 10.1. The van der Waals surface area contributed by atoms with Gasteiger partial charge >= 0.3 is 0 Å². The molecule has 0 aliphatic heterocycles. The Labute approximate surface area is 97.5 Å². The van der Waals surface area contributed by atoms with E-state index in [1.165, 1.54) is 6.92 Å². The Hall–Kier alpha value is -1.29. The molecule has 0 saturated heterocycles. The minimum atomic E-state index is -0.0241. The van der Waals surface area contributed by atoms with Gasteiger partial charge in [0, 0.05) is 28.0 Å². The van der Waals surface area contributed by atoms with Gasteiger partial charge in [0.2, 0.25) is 0 Å². The number of hydrogen-bond acceptors (Lipinski definition) is 3. The number of carbonyl (C=O) groups is 1. The molecule has 80 valence electrons. The third-order valence-electron chi connectivity index (χ3n) is 1.92. The molecule has 3 N–H and O–H groups in total. The van der Waals surface area contributed by atoms with E-state index in [1.54, 1.807) is 12.1 Å². The first kappa shape index (κ1) is 11.8. The predicted molar refractivity (Wildman–Crippen MR) is 67.4 cm³/mol. The predicted octanol–water partition coefficient (Wildman–Crippen LogP) is 2.79. The largest absolute Gasteiger partial charge is 0.398 e. The second kappa shape index (κ2) is 4.98. The summed E-state index contributed by atoms with van der Waals surface area (Å²) in [6, 6.07) is 5.28. The van der Waals surface area contributed by atoms with Gasteiger partial charge in [-0.2, -0.15) is 0 Å². The number of nitrogens with one attached hydrogen (secondary N) is 1. The molecular weight excluding hydrogens is 256 g/mol. The number of nitrogen functional groups attached to an aromatic ring is 1. The van der Waals surface area contributed by atoms with E-state index in [2.05, 4.69) is 27.8 Å². The summed E-state index contributed by atoms with van der Waals surface area (Å²) >= 11 is 3.25. The zero-order valence-electron chi connectivity index (χ0n) is 8.51. The van der Waals surface area contributed by atoms with Gasteiger partial charge in [0.25, 0.3) is 0 Å². The number of carbonyl (C=O) groups excluding carboxylic acids is 1. The minimum Gasteiger partial charge on any atom is -0.398 e. The fourth-order valence-electron chi connectivity index (χ4n) is 1.19. The lowest BCUT2D eigenvalue weighted by molar-refractivity contribution is 0.101. The molecule has 3 nitrogen and oxygen atoms in total. The average molecular weight is 269 g/mol. The lowest BCUT2D eigenvalue weighted by Crippen LogP contribution is -2.04. The van der Waals surface area contributed by atoms with E-state index >= 15 is 0 Å². The van der Waals surface area contributed by atoms with Crippen LogP contribution in [0.5, 0.6) is 0 Å². The quantitative estimate of drug-likeness (QED) is 0.652. The summed E-state index contributed by atoms with van der Waals surface area (Å²) in [6.45, 7) is 5.83. The zero-order chi connectivity index (χ0) is 11.4. The number of nitrogens with two attached hydrogens (primary N) is 1. The lowest BCUT2D eigenvalue weighted by Gasteiger charge is -2.08. The van der Waals surface area contributed by atoms with Crippen molar-refractivity contribution in [1.29, 1.82) is 0 Å². The third kappa shape index (κ3) is 3.40. The second-order valence-corrected chi connectivity index (χ2v) is 4.35. The summed E-state index contributed by atoms with van der Waals surface area (Å²) in [5, 5.41) is 3.11. The van der Waals surface area contributed by atoms with Crippen LogP contribution in [0.25, 0.3) is 0 Å². The van der Waals surface area contributed by atoms with Crippen molar-refractivity contribution in [2.45, 2.75) is 6.92 Å². The highest BCUT2D eigenvalue weighted by molar-refractivity contribution is 9.11. The fourth-order valence-corrected chi connectivity index (χ4v) is 1.33. The van der Waals surface area contributed by atoms with Crippen molar-refractivity contribution in [3.8, 4) is 0 Å². The molecule has 15 heavy (non-hydrogen) atoms. The summed E-state index contributed by atoms with van der Waals surface area (Å²) in [6.07, 6.45) is 0. The number of benzene rings is 1. The van der Waals surface area contributed by atoms with Crippen LogP contribution >= 0.6 is 15.9 Å². The van der Waals surface area contributed by atoms with E-state index in [0.29, 0.717) is 17.8 Å². The first-order valence-electron chi connectivity index (χ1n) is 4.48. The van der Waals surface area contributed by atoms with Gasteiger partial charge in [-0.1, -0.05) is 22.5 Å². The molecule has 0 spiro atoms. The highest BCUT2D eigenvalue weighted by Crippen LogP contribution is 2.18. The average Bonchev–Trinajstić information content (AvgIpc) is 2.14. The van der Waals surface area contributed by atoms with Gasteiger partial charge in [-0.25, -0.2) is 0 Å². The maximum Gasteiger partial charge on any atom is 0.161 e. The third-order valence-corrected chi connectivity index (χ3v) is 2.20. The maximum absolute atomic E-state index is 11.1. The molecule has 0 unspecified atom stereocenters. The van der Waals surface area contributed by atoms with Crippen molar-refractivity contribution in [1.82, 2.24) is 0 Å². The first-order valence-corrected chi connectivity index (χ1v) is 5.27. The normalized spacial score (nSPS) is 9.73. The van der Waals surface area contributed by atoms with E-state index in [-0.39, 0.29) is 5.78 Å². The van der Waals surface area contributed by atoms with Gasteiger partial charge in [0.15, 0.2) is 5.78 Å². The Morgan fingerprint density at radius 1 is 1.60 bits per heavy atom. The van der Waals surface area contributed by atoms with Crippen LogP contribution in [0.3, 0.4) is 0 Å². The number of Topliss-reactive ketones (excluding diaryl/α,β-unsaturated/α-hetero) is 1. The summed E-state index contributed by atoms with van der Waals surface area (Å²) in [4.78, 5) is 11.1. The molecule has 0 aromatic heterocycles. The Morgan fingerprint density at radius 2 is 2.27 bits per heavy atom. The molecule has 0 fully saturated rings. The molecule has 0 radical (unpaired) electrons. The van der Waals surface area contributed by atoms with Gasteiger partial charge in [-0.15, -0.1) is 0 Å². The number of hydrogen-bond donors (Lipinski definition) is 2. The lowest BCUT2D eigenvalue weighted by atomic mass is 10.1. The number of halogens is 1. The molecule has 0 aliphatic rings. The number of anilines is 2. The molecule has 1 aromatic carbocycles. The first-order chi connectivity index (χ1) is 7.00. The molecule has 0 bridgehead atoms. The fraction of sp³-hybridized carbons (Fsp3) is 0.182. The molecule has 0 aliphatic carbocycles. The van der Waals surface area contributed by atoms with Crippen molar-refractivity contribution in [2.75, 3.05) is 17.6 Å². The van der Waals surface area contributed by atoms with Crippen LogP contribution in [-0.2, 0) is 0 Å². The summed E-state index contributed by atoms with van der Waals surface area (Å²) < 4.78 is 0.858. The molecule has 1 rings (SSSR count). The Morgan fingerprint density at radius 3 is 2.73 bits per heavy atom. The smallest absolute Gasteiger partial charge is 0.161 e. The van der Waals surface area contributed by atoms with Crippen molar-refractivity contribution in [3.05, 3.63) is 34.8 Å². The summed E-state index contributed by atoms with van der Waals surface area (Å²) in [5.41, 5.74) is 7.65. The van der Waals surface area contributed by atoms with Crippen LogP contribution in [0.1, 0.15) is 17.3 Å². The van der Waals surface area contributed by atoms with Crippen LogP contribution in [-0.4, -0.2) is 12.3 Å². The molecule has 1 aromatic rings. The summed E-state index contributed by atoms with van der Waals surface area (Å²) in [7, 11) is 0. The summed E-state index contributed by atoms with van der Waals surface area (Å²) in [5.74, 6) is -0.0241. The van der Waals surface area contributed by atoms with Crippen LogP contribution in [0.4, 0.5) is 11.4 Å². The van der Waals surface area contributed by atoms with E-state index in [0.717, 1.165) is 10.2 Å². The SMILES string of the molecule is C=C(Br)CNc1ccc(C(C)=O)c(N)c1. The van der Waals surface area contributed by atoms with Gasteiger partial charge in [0.1, 0.15) is 0 Å². The number of rotatable bonds is 4. The Bertz CT molecular complexity index is 402. The van der Waals surface area contributed by atoms with Crippen molar-refractivity contribution >= 4 is 33.1 Å².